The van der Waals surface area contributed by atoms with Gasteiger partial charge in [0.1, 0.15) is 6.04 Å². The van der Waals surface area contributed by atoms with Crippen LogP contribution >= 0.6 is 0 Å². The molecule has 0 radical (unpaired) electrons. The van der Waals surface area contributed by atoms with Crippen molar-refractivity contribution >= 4 is 17.8 Å². The summed E-state index contributed by atoms with van der Waals surface area (Å²) in [5, 5.41) is 11.8. The van der Waals surface area contributed by atoms with Crippen LogP contribution in [-0.2, 0) is 14.4 Å². The molecule has 1 saturated carbocycles. The molecule has 6 nitrogen and oxygen atoms in total. The molecule has 0 bridgehead atoms. The van der Waals surface area contributed by atoms with E-state index >= 15 is 0 Å². The lowest BCUT2D eigenvalue weighted by Crippen LogP contribution is -2.44. The van der Waals surface area contributed by atoms with Crippen molar-refractivity contribution in [1.29, 1.82) is 0 Å². The standard InChI is InChI=1S/C18H28N2O4/c1-3-4-5-15(18(23)24)19-17(22)13-10-16(21)20(11-13)14-8-6-12(2)7-9-14/h3-4,12-15H,5-11H2,1-2H3,(H,19,22)(H,23,24)/b4-3+. The summed E-state index contributed by atoms with van der Waals surface area (Å²) < 4.78 is 0. The van der Waals surface area contributed by atoms with Gasteiger partial charge in [0.15, 0.2) is 0 Å². The fourth-order valence-electron chi connectivity index (χ4n) is 3.60. The zero-order valence-electron chi connectivity index (χ0n) is 14.5. The number of carbonyl (C=O) groups is 3. The third kappa shape index (κ3) is 4.58. The molecule has 0 aromatic carbocycles. The van der Waals surface area contributed by atoms with Gasteiger partial charge in [0.05, 0.1) is 5.92 Å². The summed E-state index contributed by atoms with van der Waals surface area (Å²) in [5.41, 5.74) is 0. The van der Waals surface area contributed by atoms with Crippen LogP contribution in [0.15, 0.2) is 12.2 Å². The monoisotopic (exact) mass is 336 g/mol. The Morgan fingerprint density at radius 1 is 1.33 bits per heavy atom. The third-order valence-corrected chi connectivity index (χ3v) is 5.18. The Kier molecular flexibility index (Phi) is 6.40. The highest BCUT2D eigenvalue weighted by molar-refractivity contribution is 5.91. The first kappa shape index (κ1) is 18.5. The van der Waals surface area contributed by atoms with Gasteiger partial charge < -0.3 is 15.3 Å². The molecule has 2 fully saturated rings. The van der Waals surface area contributed by atoms with Gasteiger partial charge in [0, 0.05) is 19.0 Å². The molecule has 24 heavy (non-hydrogen) atoms. The summed E-state index contributed by atoms with van der Waals surface area (Å²) in [6.45, 7) is 4.45. The van der Waals surface area contributed by atoms with Gasteiger partial charge in [-0.2, -0.15) is 0 Å². The molecular weight excluding hydrogens is 308 g/mol. The molecule has 2 rings (SSSR count). The first-order chi connectivity index (χ1) is 11.4. The van der Waals surface area contributed by atoms with Gasteiger partial charge in [-0.05, 0) is 44.9 Å². The van der Waals surface area contributed by atoms with Gasteiger partial charge in [-0.3, -0.25) is 9.59 Å². The lowest BCUT2D eigenvalue weighted by atomic mass is 9.87. The van der Waals surface area contributed by atoms with E-state index in [-0.39, 0.29) is 30.7 Å². The van der Waals surface area contributed by atoms with Crippen LogP contribution in [0.3, 0.4) is 0 Å². The highest BCUT2D eigenvalue weighted by atomic mass is 16.4. The van der Waals surface area contributed by atoms with E-state index in [4.69, 9.17) is 0 Å². The molecular formula is C18H28N2O4. The van der Waals surface area contributed by atoms with Crippen LogP contribution in [-0.4, -0.2) is 46.4 Å². The van der Waals surface area contributed by atoms with Crippen LogP contribution in [0, 0.1) is 11.8 Å². The minimum atomic E-state index is -1.05. The summed E-state index contributed by atoms with van der Waals surface area (Å²) in [6.07, 6.45) is 8.16. The maximum Gasteiger partial charge on any atom is 0.326 e. The molecule has 1 saturated heterocycles. The van der Waals surface area contributed by atoms with Crippen LogP contribution in [0.5, 0.6) is 0 Å². The number of nitrogens with zero attached hydrogens (tertiary/aromatic N) is 1. The predicted octanol–water partition coefficient (Wildman–Crippen LogP) is 1.95. The number of carboxylic acid groups (broad SMARTS) is 1. The molecule has 2 atom stereocenters. The number of likely N-dealkylation sites (tertiary alicyclic amines) is 1. The normalized spacial score (nSPS) is 29.0. The van der Waals surface area contributed by atoms with Gasteiger partial charge in [-0.25, -0.2) is 4.79 Å². The number of amides is 2. The van der Waals surface area contributed by atoms with E-state index in [2.05, 4.69) is 12.2 Å². The molecule has 2 N–H and O–H groups in total. The number of allylic oxidation sites excluding steroid dienone is 1. The summed E-state index contributed by atoms with van der Waals surface area (Å²) >= 11 is 0. The number of carbonyl (C=O) groups excluding carboxylic acids is 2. The Morgan fingerprint density at radius 3 is 2.58 bits per heavy atom. The summed E-state index contributed by atoms with van der Waals surface area (Å²) in [4.78, 5) is 37.7. The smallest absolute Gasteiger partial charge is 0.326 e. The largest absolute Gasteiger partial charge is 0.480 e. The van der Waals surface area contributed by atoms with E-state index in [1.165, 1.54) is 0 Å². The average Bonchev–Trinajstić information content (AvgIpc) is 2.93. The fourth-order valence-corrected chi connectivity index (χ4v) is 3.60. The number of hydrogen-bond acceptors (Lipinski definition) is 3. The highest BCUT2D eigenvalue weighted by Gasteiger charge is 2.39. The lowest BCUT2D eigenvalue weighted by molar-refractivity contribution is -0.142. The minimum Gasteiger partial charge on any atom is -0.480 e. The predicted molar refractivity (Wildman–Crippen MR) is 90.2 cm³/mol. The fraction of sp³-hybridized carbons (Fsp3) is 0.722. The number of aliphatic carboxylic acids is 1. The molecule has 0 aromatic rings. The summed E-state index contributed by atoms with van der Waals surface area (Å²) in [7, 11) is 0. The number of rotatable bonds is 6. The highest BCUT2D eigenvalue weighted by Crippen LogP contribution is 2.31. The van der Waals surface area contributed by atoms with E-state index in [0.717, 1.165) is 25.7 Å². The Bertz CT molecular complexity index is 509. The number of hydrogen-bond donors (Lipinski definition) is 2. The van der Waals surface area contributed by atoms with Gasteiger partial charge >= 0.3 is 5.97 Å². The van der Waals surface area contributed by atoms with Crippen molar-refractivity contribution in [3.05, 3.63) is 12.2 Å². The second-order valence-electron chi connectivity index (χ2n) is 7.06. The molecule has 1 aliphatic carbocycles. The van der Waals surface area contributed by atoms with Crippen LogP contribution in [0.1, 0.15) is 52.4 Å². The van der Waals surface area contributed by atoms with Crippen molar-refractivity contribution in [3.63, 3.8) is 0 Å². The van der Waals surface area contributed by atoms with Crippen LogP contribution in [0.2, 0.25) is 0 Å². The summed E-state index contributed by atoms with van der Waals surface area (Å²) in [6, 6.07) is -0.696. The first-order valence-corrected chi connectivity index (χ1v) is 8.86. The van der Waals surface area contributed by atoms with E-state index in [0.29, 0.717) is 12.5 Å². The SMILES string of the molecule is C/C=C/CC(NC(=O)C1CC(=O)N(C2CCC(C)CC2)C1)C(=O)O. The molecule has 0 spiro atoms. The summed E-state index contributed by atoms with van der Waals surface area (Å²) in [5.74, 6) is -1.09. The van der Waals surface area contributed by atoms with Gasteiger partial charge in [-0.1, -0.05) is 19.1 Å². The Morgan fingerprint density at radius 2 is 2.00 bits per heavy atom. The van der Waals surface area contributed by atoms with Gasteiger partial charge in [0.2, 0.25) is 11.8 Å². The topological polar surface area (TPSA) is 86.7 Å². The van der Waals surface area contributed by atoms with Crippen LogP contribution in [0.25, 0.3) is 0 Å². The molecule has 134 valence electrons. The molecule has 1 aliphatic heterocycles. The second-order valence-corrected chi connectivity index (χ2v) is 7.06. The Balaban J connectivity index is 1.91. The Hall–Kier alpha value is -1.85. The minimum absolute atomic E-state index is 0.0232. The zero-order valence-corrected chi connectivity index (χ0v) is 14.5. The van der Waals surface area contributed by atoms with E-state index in [1.807, 2.05) is 4.90 Å². The van der Waals surface area contributed by atoms with Crippen molar-refractivity contribution in [2.75, 3.05) is 6.54 Å². The molecule has 0 aromatic heterocycles. The number of carboxylic acids is 1. The Labute approximate surface area is 143 Å². The van der Waals surface area contributed by atoms with Crippen molar-refractivity contribution < 1.29 is 19.5 Å². The average molecular weight is 336 g/mol. The second kappa shape index (κ2) is 8.31. The van der Waals surface area contributed by atoms with E-state index in [1.54, 1.807) is 19.1 Å². The van der Waals surface area contributed by atoms with Crippen LogP contribution < -0.4 is 5.32 Å². The molecule has 1 heterocycles. The maximum absolute atomic E-state index is 12.4. The van der Waals surface area contributed by atoms with Crippen LogP contribution in [0.4, 0.5) is 0 Å². The quantitative estimate of drug-likeness (QED) is 0.726. The maximum atomic E-state index is 12.4. The van der Waals surface area contributed by atoms with E-state index in [9.17, 15) is 19.5 Å². The van der Waals surface area contributed by atoms with Crippen molar-refractivity contribution in [2.24, 2.45) is 11.8 Å². The van der Waals surface area contributed by atoms with Gasteiger partial charge in [0.25, 0.3) is 0 Å². The van der Waals surface area contributed by atoms with Gasteiger partial charge in [-0.15, -0.1) is 0 Å². The van der Waals surface area contributed by atoms with Crippen molar-refractivity contribution in [1.82, 2.24) is 10.2 Å². The van der Waals surface area contributed by atoms with E-state index < -0.39 is 17.9 Å². The first-order valence-electron chi connectivity index (χ1n) is 8.86. The van der Waals surface area contributed by atoms with Crippen molar-refractivity contribution in [2.45, 2.75) is 64.5 Å². The zero-order chi connectivity index (χ0) is 17.7. The molecule has 2 amide bonds. The lowest BCUT2D eigenvalue weighted by Gasteiger charge is -2.33. The van der Waals surface area contributed by atoms with Crippen molar-refractivity contribution in [3.8, 4) is 0 Å². The molecule has 2 aliphatic rings. The molecule has 6 heteroatoms. The third-order valence-electron chi connectivity index (χ3n) is 5.18. The molecule has 2 unspecified atom stereocenters. The number of nitrogens with one attached hydrogen (secondary N) is 1.